The molecule has 0 spiro atoms. The van der Waals surface area contributed by atoms with E-state index in [1.54, 1.807) is 30.5 Å². The first-order chi connectivity index (χ1) is 12.2. The third kappa shape index (κ3) is 5.09. The normalized spacial score (nSPS) is 10.4. The van der Waals surface area contributed by atoms with Crippen LogP contribution in [0.15, 0.2) is 60.8 Å². The lowest BCUT2D eigenvalue weighted by Gasteiger charge is -2.09. The van der Waals surface area contributed by atoms with Crippen LogP contribution in [0.25, 0.3) is 10.9 Å². The molecule has 0 aliphatic carbocycles. The number of rotatable bonds is 7. The Labute approximate surface area is 150 Å². The van der Waals surface area contributed by atoms with Gasteiger partial charge in [0.15, 0.2) is 6.61 Å². The SMILES string of the molecule is O=C(COc1ccc(Cl)cc1)NCCOc1ccc2ncccc2c1. The average molecular weight is 357 g/mol. The smallest absolute Gasteiger partial charge is 0.258 e. The highest BCUT2D eigenvalue weighted by atomic mass is 35.5. The van der Waals surface area contributed by atoms with Gasteiger partial charge in [0, 0.05) is 16.6 Å². The summed E-state index contributed by atoms with van der Waals surface area (Å²) in [5, 5.41) is 4.38. The highest BCUT2D eigenvalue weighted by molar-refractivity contribution is 6.30. The molecule has 6 heteroatoms. The zero-order valence-electron chi connectivity index (χ0n) is 13.4. The molecule has 0 aliphatic rings. The minimum atomic E-state index is -0.207. The summed E-state index contributed by atoms with van der Waals surface area (Å²) in [5.74, 6) is 1.13. The molecule has 0 radical (unpaired) electrons. The van der Waals surface area contributed by atoms with Crippen molar-refractivity contribution in [2.24, 2.45) is 0 Å². The minimum absolute atomic E-state index is 0.0523. The lowest BCUT2D eigenvalue weighted by Crippen LogP contribution is -2.32. The second kappa shape index (κ2) is 8.35. The fourth-order valence-corrected chi connectivity index (χ4v) is 2.36. The zero-order valence-corrected chi connectivity index (χ0v) is 14.2. The van der Waals surface area contributed by atoms with Crippen molar-refractivity contribution in [3.63, 3.8) is 0 Å². The number of nitrogens with zero attached hydrogens (tertiary/aromatic N) is 1. The van der Waals surface area contributed by atoms with Gasteiger partial charge >= 0.3 is 0 Å². The van der Waals surface area contributed by atoms with E-state index in [9.17, 15) is 4.79 Å². The Morgan fingerprint density at radius 2 is 1.84 bits per heavy atom. The van der Waals surface area contributed by atoms with Crippen molar-refractivity contribution in [3.8, 4) is 11.5 Å². The van der Waals surface area contributed by atoms with Crippen LogP contribution in [0.2, 0.25) is 5.02 Å². The molecule has 3 aromatic rings. The second-order valence-electron chi connectivity index (χ2n) is 5.30. The number of carbonyl (C=O) groups is 1. The van der Waals surface area contributed by atoms with E-state index in [-0.39, 0.29) is 12.5 Å². The molecule has 0 aliphatic heterocycles. The van der Waals surface area contributed by atoms with Gasteiger partial charge in [0.05, 0.1) is 12.1 Å². The molecule has 0 bridgehead atoms. The van der Waals surface area contributed by atoms with Crippen LogP contribution in [0.1, 0.15) is 0 Å². The van der Waals surface area contributed by atoms with E-state index in [2.05, 4.69) is 10.3 Å². The molecule has 0 fully saturated rings. The van der Waals surface area contributed by atoms with Crippen LogP contribution in [0, 0.1) is 0 Å². The van der Waals surface area contributed by atoms with E-state index >= 15 is 0 Å². The average Bonchev–Trinajstić information content (AvgIpc) is 2.64. The van der Waals surface area contributed by atoms with Gasteiger partial charge in [-0.25, -0.2) is 0 Å². The Morgan fingerprint density at radius 3 is 2.68 bits per heavy atom. The van der Waals surface area contributed by atoms with E-state index in [1.165, 1.54) is 0 Å². The largest absolute Gasteiger partial charge is 0.492 e. The molecular weight excluding hydrogens is 340 g/mol. The third-order valence-corrected chi connectivity index (χ3v) is 3.70. The van der Waals surface area contributed by atoms with E-state index < -0.39 is 0 Å². The van der Waals surface area contributed by atoms with Gasteiger partial charge in [-0.2, -0.15) is 0 Å². The van der Waals surface area contributed by atoms with Gasteiger partial charge in [-0.3, -0.25) is 9.78 Å². The molecule has 3 rings (SSSR count). The molecule has 25 heavy (non-hydrogen) atoms. The summed E-state index contributed by atoms with van der Waals surface area (Å²) in [7, 11) is 0. The standard InChI is InChI=1S/C19H17ClN2O3/c20-15-3-5-16(6-4-15)25-13-19(23)22-10-11-24-17-7-8-18-14(12-17)2-1-9-21-18/h1-9,12H,10-11,13H2,(H,22,23). The van der Waals surface area contributed by atoms with Crippen molar-refractivity contribution < 1.29 is 14.3 Å². The molecule has 1 heterocycles. The number of fused-ring (bicyclic) bond motifs is 1. The molecule has 0 saturated carbocycles. The number of pyridine rings is 1. The second-order valence-corrected chi connectivity index (χ2v) is 5.74. The predicted molar refractivity (Wildman–Crippen MR) is 97.2 cm³/mol. The molecule has 1 aromatic heterocycles. The molecule has 0 unspecified atom stereocenters. The summed E-state index contributed by atoms with van der Waals surface area (Å²) < 4.78 is 11.0. The van der Waals surface area contributed by atoms with Crippen LogP contribution in [0.4, 0.5) is 0 Å². The van der Waals surface area contributed by atoms with Crippen LogP contribution in [0.5, 0.6) is 11.5 Å². The quantitative estimate of drug-likeness (QED) is 0.658. The minimum Gasteiger partial charge on any atom is -0.492 e. The number of hydrogen-bond acceptors (Lipinski definition) is 4. The van der Waals surface area contributed by atoms with Gasteiger partial charge in [0.2, 0.25) is 0 Å². The molecule has 1 amide bonds. The summed E-state index contributed by atoms with van der Waals surface area (Å²) in [4.78, 5) is 16.0. The third-order valence-electron chi connectivity index (χ3n) is 3.45. The number of benzene rings is 2. The van der Waals surface area contributed by atoms with E-state index in [4.69, 9.17) is 21.1 Å². The Hall–Kier alpha value is -2.79. The number of hydrogen-bond donors (Lipinski definition) is 1. The number of nitrogens with one attached hydrogen (secondary N) is 1. The first kappa shape index (κ1) is 17.0. The zero-order chi connectivity index (χ0) is 17.5. The summed E-state index contributed by atoms with van der Waals surface area (Å²) in [6.45, 7) is 0.718. The maximum atomic E-state index is 11.7. The highest BCUT2D eigenvalue weighted by Crippen LogP contribution is 2.18. The van der Waals surface area contributed by atoms with Crippen molar-refractivity contribution in [1.29, 1.82) is 0 Å². The van der Waals surface area contributed by atoms with Gasteiger partial charge in [0.25, 0.3) is 5.91 Å². The lowest BCUT2D eigenvalue weighted by atomic mass is 10.2. The van der Waals surface area contributed by atoms with Crippen LogP contribution < -0.4 is 14.8 Å². The van der Waals surface area contributed by atoms with Crippen molar-refractivity contribution in [2.45, 2.75) is 0 Å². The first-order valence-corrected chi connectivity index (χ1v) is 8.21. The van der Waals surface area contributed by atoms with Crippen molar-refractivity contribution in [1.82, 2.24) is 10.3 Å². The summed E-state index contributed by atoms with van der Waals surface area (Å²) >= 11 is 5.79. The Kier molecular flexibility index (Phi) is 5.69. The van der Waals surface area contributed by atoms with Crippen molar-refractivity contribution in [2.75, 3.05) is 19.8 Å². The van der Waals surface area contributed by atoms with Crippen molar-refractivity contribution >= 4 is 28.4 Å². The van der Waals surface area contributed by atoms with Crippen LogP contribution >= 0.6 is 11.6 Å². The van der Waals surface area contributed by atoms with Crippen LogP contribution in [-0.4, -0.2) is 30.6 Å². The number of amides is 1. The van der Waals surface area contributed by atoms with Gasteiger partial charge in [0.1, 0.15) is 18.1 Å². The number of carbonyl (C=O) groups excluding carboxylic acids is 1. The topological polar surface area (TPSA) is 60.5 Å². The highest BCUT2D eigenvalue weighted by Gasteiger charge is 2.03. The molecular formula is C19H17ClN2O3. The summed E-state index contributed by atoms with van der Waals surface area (Å²) in [6, 6.07) is 16.4. The molecule has 5 nitrogen and oxygen atoms in total. The van der Waals surface area contributed by atoms with Gasteiger partial charge in [-0.1, -0.05) is 17.7 Å². The van der Waals surface area contributed by atoms with Crippen molar-refractivity contribution in [3.05, 3.63) is 65.8 Å². The Balaban J connectivity index is 1.38. The number of ether oxygens (including phenoxy) is 2. The van der Waals surface area contributed by atoms with Gasteiger partial charge in [-0.15, -0.1) is 0 Å². The predicted octanol–water partition coefficient (Wildman–Crippen LogP) is 3.46. The Bertz CT molecular complexity index is 853. The van der Waals surface area contributed by atoms with E-state index in [0.717, 1.165) is 16.7 Å². The van der Waals surface area contributed by atoms with Gasteiger partial charge in [-0.05, 0) is 48.5 Å². The van der Waals surface area contributed by atoms with E-state index in [1.807, 2.05) is 30.3 Å². The van der Waals surface area contributed by atoms with Gasteiger partial charge < -0.3 is 14.8 Å². The summed E-state index contributed by atoms with van der Waals surface area (Å²) in [6.07, 6.45) is 1.75. The first-order valence-electron chi connectivity index (χ1n) is 7.83. The van der Waals surface area contributed by atoms with Crippen LogP contribution in [-0.2, 0) is 4.79 Å². The van der Waals surface area contributed by atoms with E-state index in [0.29, 0.717) is 23.9 Å². The summed E-state index contributed by atoms with van der Waals surface area (Å²) in [5.41, 5.74) is 0.919. The maximum Gasteiger partial charge on any atom is 0.258 e. The Morgan fingerprint density at radius 1 is 1.04 bits per heavy atom. The fraction of sp³-hybridized carbons (Fsp3) is 0.158. The number of aromatic nitrogens is 1. The fourth-order valence-electron chi connectivity index (χ4n) is 2.23. The monoisotopic (exact) mass is 356 g/mol. The molecule has 0 saturated heterocycles. The molecule has 2 aromatic carbocycles. The molecule has 0 atom stereocenters. The number of halogens is 1. The molecule has 128 valence electrons. The lowest BCUT2D eigenvalue weighted by molar-refractivity contribution is -0.123. The maximum absolute atomic E-state index is 11.7. The molecule has 1 N–H and O–H groups in total. The van der Waals surface area contributed by atoms with Crippen LogP contribution in [0.3, 0.4) is 0 Å².